The van der Waals surface area contributed by atoms with Crippen LogP contribution < -0.4 is 11.1 Å². The maximum Gasteiger partial charge on any atom is 0.106 e. The molecular formula is C12H18N4S. The monoisotopic (exact) mass is 250 g/mol. The highest BCUT2D eigenvalue weighted by atomic mass is 32.1. The van der Waals surface area contributed by atoms with Crippen LogP contribution in [-0.2, 0) is 0 Å². The van der Waals surface area contributed by atoms with Gasteiger partial charge in [-0.2, -0.15) is 0 Å². The zero-order chi connectivity index (χ0) is 12.3. The summed E-state index contributed by atoms with van der Waals surface area (Å²) in [5.41, 5.74) is 7.53. The third-order valence-electron chi connectivity index (χ3n) is 3.16. The molecule has 92 valence electrons. The van der Waals surface area contributed by atoms with Gasteiger partial charge >= 0.3 is 0 Å². The van der Waals surface area contributed by atoms with Crippen molar-refractivity contribution in [2.24, 2.45) is 5.73 Å². The van der Waals surface area contributed by atoms with E-state index in [-0.39, 0.29) is 0 Å². The molecular weight excluding hydrogens is 232 g/mol. The van der Waals surface area contributed by atoms with E-state index >= 15 is 0 Å². The van der Waals surface area contributed by atoms with Gasteiger partial charge in [0, 0.05) is 17.8 Å². The predicted octanol–water partition coefficient (Wildman–Crippen LogP) is 1.22. The Balaban J connectivity index is 2.05. The molecule has 0 radical (unpaired) electrons. The minimum Gasteiger partial charge on any atom is -0.389 e. The lowest BCUT2D eigenvalue weighted by Gasteiger charge is -2.30. The molecule has 0 saturated carbocycles. The molecule has 17 heavy (non-hydrogen) atoms. The fourth-order valence-electron chi connectivity index (χ4n) is 2.10. The Morgan fingerprint density at radius 2 is 2.24 bits per heavy atom. The Kier molecular flexibility index (Phi) is 3.91. The largest absolute Gasteiger partial charge is 0.389 e. The van der Waals surface area contributed by atoms with E-state index in [4.69, 9.17) is 18.0 Å². The Labute approximate surface area is 107 Å². The van der Waals surface area contributed by atoms with Gasteiger partial charge < -0.3 is 16.0 Å². The minimum absolute atomic E-state index is 0.419. The van der Waals surface area contributed by atoms with Crippen LogP contribution in [0.5, 0.6) is 0 Å². The molecule has 2 rings (SSSR count). The number of aromatic nitrogens is 1. The number of anilines is 1. The average Bonchev–Trinajstić information content (AvgIpc) is 2.32. The first-order valence-electron chi connectivity index (χ1n) is 5.85. The fraction of sp³-hybridized carbons (Fsp3) is 0.500. The molecule has 1 aromatic heterocycles. The highest BCUT2D eigenvalue weighted by Gasteiger charge is 2.17. The van der Waals surface area contributed by atoms with Crippen molar-refractivity contribution in [2.75, 3.05) is 25.5 Å². The van der Waals surface area contributed by atoms with Crippen LogP contribution in [0.15, 0.2) is 18.5 Å². The molecule has 1 saturated heterocycles. The summed E-state index contributed by atoms with van der Waals surface area (Å²) in [4.78, 5) is 6.88. The molecule has 0 amide bonds. The van der Waals surface area contributed by atoms with E-state index in [2.05, 4.69) is 22.2 Å². The van der Waals surface area contributed by atoms with Gasteiger partial charge in [-0.25, -0.2) is 0 Å². The molecule has 1 aromatic rings. The lowest BCUT2D eigenvalue weighted by atomic mass is 10.0. The molecule has 2 heterocycles. The molecule has 3 N–H and O–H groups in total. The maximum absolute atomic E-state index is 5.70. The van der Waals surface area contributed by atoms with Crippen molar-refractivity contribution in [3.63, 3.8) is 0 Å². The summed E-state index contributed by atoms with van der Waals surface area (Å²) >= 11 is 5.04. The molecule has 0 atom stereocenters. The highest BCUT2D eigenvalue weighted by molar-refractivity contribution is 7.80. The van der Waals surface area contributed by atoms with E-state index in [0.29, 0.717) is 11.0 Å². The Morgan fingerprint density at radius 3 is 2.88 bits per heavy atom. The van der Waals surface area contributed by atoms with Gasteiger partial charge in [0.1, 0.15) is 4.99 Å². The van der Waals surface area contributed by atoms with Crippen molar-refractivity contribution in [1.82, 2.24) is 9.88 Å². The van der Waals surface area contributed by atoms with E-state index in [1.54, 1.807) is 12.4 Å². The van der Waals surface area contributed by atoms with Gasteiger partial charge in [-0.05, 0) is 39.0 Å². The van der Waals surface area contributed by atoms with E-state index < -0.39 is 0 Å². The van der Waals surface area contributed by atoms with Gasteiger partial charge in [0.25, 0.3) is 0 Å². The van der Waals surface area contributed by atoms with E-state index in [0.717, 1.165) is 37.2 Å². The molecule has 0 unspecified atom stereocenters. The van der Waals surface area contributed by atoms with E-state index in [9.17, 15) is 0 Å². The van der Waals surface area contributed by atoms with Gasteiger partial charge in [-0.15, -0.1) is 0 Å². The zero-order valence-corrected chi connectivity index (χ0v) is 10.8. The third kappa shape index (κ3) is 3.14. The number of piperidine rings is 1. The van der Waals surface area contributed by atoms with Crippen LogP contribution in [0.2, 0.25) is 0 Å². The molecule has 0 aromatic carbocycles. The molecule has 0 spiro atoms. The van der Waals surface area contributed by atoms with Crippen LogP contribution in [0.25, 0.3) is 0 Å². The van der Waals surface area contributed by atoms with Crippen LogP contribution >= 0.6 is 12.2 Å². The molecule has 4 nitrogen and oxygen atoms in total. The SMILES string of the molecule is CN1CCC(Nc2cnccc2C(N)=S)CC1. The summed E-state index contributed by atoms with van der Waals surface area (Å²) in [6.07, 6.45) is 5.80. The Bertz CT molecular complexity index is 399. The second-order valence-corrected chi connectivity index (χ2v) is 4.95. The van der Waals surface area contributed by atoms with Crippen LogP contribution in [0, 0.1) is 0 Å². The maximum atomic E-state index is 5.70. The number of rotatable bonds is 3. The van der Waals surface area contributed by atoms with E-state index in [1.807, 2.05) is 6.07 Å². The highest BCUT2D eigenvalue weighted by Crippen LogP contribution is 2.18. The van der Waals surface area contributed by atoms with Gasteiger partial charge in [-0.1, -0.05) is 12.2 Å². The molecule has 1 fully saturated rings. The number of nitrogens with two attached hydrogens (primary N) is 1. The quantitative estimate of drug-likeness (QED) is 0.790. The van der Waals surface area contributed by atoms with Gasteiger partial charge in [-0.3, -0.25) is 4.98 Å². The van der Waals surface area contributed by atoms with Crippen LogP contribution in [0.3, 0.4) is 0 Å². The molecule has 1 aliphatic heterocycles. The second-order valence-electron chi connectivity index (χ2n) is 4.51. The lowest BCUT2D eigenvalue weighted by Crippen LogP contribution is -2.37. The molecule has 0 aliphatic carbocycles. The van der Waals surface area contributed by atoms with Gasteiger partial charge in [0.05, 0.1) is 11.9 Å². The van der Waals surface area contributed by atoms with Crippen molar-refractivity contribution >= 4 is 22.9 Å². The van der Waals surface area contributed by atoms with Crippen molar-refractivity contribution in [2.45, 2.75) is 18.9 Å². The summed E-state index contributed by atoms with van der Waals surface area (Å²) in [5.74, 6) is 0. The Morgan fingerprint density at radius 1 is 1.53 bits per heavy atom. The standard InChI is InChI=1S/C12H18N4S/c1-16-6-3-9(4-7-16)15-11-8-14-5-2-10(11)12(13)17/h2,5,8-9,15H,3-4,6-7H2,1H3,(H2,13,17). The number of hydrogen-bond acceptors (Lipinski definition) is 4. The summed E-state index contributed by atoms with van der Waals surface area (Å²) in [6, 6.07) is 2.35. The predicted molar refractivity (Wildman–Crippen MR) is 74.3 cm³/mol. The number of pyridine rings is 1. The van der Waals surface area contributed by atoms with Gasteiger partial charge in [0.2, 0.25) is 0 Å². The number of likely N-dealkylation sites (tertiary alicyclic amines) is 1. The number of hydrogen-bond donors (Lipinski definition) is 2. The number of thiocarbonyl (C=S) groups is 1. The number of nitrogens with zero attached hydrogens (tertiary/aromatic N) is 2. The molecule has 0 bridgehead atoms. The summed E-state index contributed by atoms with van der Waals surface area (Å²) in [7, 11) is 2.15. The first kappa shape index (κ1) is 12.3. The summed E-state index contributed by atoms with van der Waals surface area (Å²) in [5, 5.41) is 3.49. The Hall–Kier alpha value is -1.20. The number of nitrogens with one attached hydrogen (secondary N) is 1. The summed E-state index contributed by atoms with van der Waals surface area (Å²) in [6.45, 7) is 2.25. The zero-order valence-electron chi connectivity index (χ0n) is 10.0. The van der Waals surface area contributed by atoms with Crippen LogP contribution in [0.1, 0.15) is 18.4 Å². The second kappa shape index (κ2) is 5.42. The molecule has 1 aliphatic rings. The first-order valence-corrected chi connectivity index (χ1v) is 6.26. The smallest absolute Gasteiger partial charge is 0.106 e. The minimum atomic E-state index is 0.419. The van der Waals surface area contributed by atoms with Crippen molar-refractivity contribution in [1.29, 1.82) is 0 Å². The van der Waals surface area contributed by atoms with Crippen molar-refractivity contribution in [3.05, 3.63) is 24.0 Å². The third-order valence-corrected chi connectivity index (χ3v) is 3.38. The summed E-state index contributed by atoms with van der Waals surface area (Å²) < 4.78 is 0. The average molecular weight is 250 g/mol. The fourth-order valence-corrected chi connectivity index (χ4v) is 2.28. The normalized spacial score (nSPS) is 17.9. The van der Waals surface area contributed by atoms with Crippen LogP contribution in [-0.4, -0.2) is 41.1 Å². The van der Waals surface area contributed by atoms with Crippen molar-refractivity contribution < 1.29 is 0 Å². The lowest BCUT2D eigenvalue weighted by molar-refractivity contribution is 0.264. The molecule has 5 heteroatoms. The first-order chi connectivity index (χ1) is 8.16. The van der Waals surface area contributed by atoms with Crippen LogP contribution in [0.4, 0.5) is 5.69 Å². The van der Waals surface area contributed by atoms with E-state index in [1.165, 1.54) is 0 Å². The van der Waals surface area contributed by atoms with Gasteiger partial charge in [0.15, 0.2) is 0 Å². The topological polar surface area (TPSA) is 54.2 Å². The van der Waals surface area contributed by atoms with Crippen molar-refractivity contribution in [3.8, 4) is 0 Å².